The lowest BCUT2D eigenvalue weighted by Crippen LogP contribution is -2.47. The number of aromatic nitrogens is 2. The monoisotopic (exact) mass is 343 g/mol. The fourth-order valence-electron chi connectivity index (χ4n) is 1.76. The zero-order valence-corrected chi connectivity index (χ0v) is 12.6. The van der Waals surface area contributed by atoms with Crippen LogP contribution in [0.4, 0.5) is 0 Å². The Hall–Kier alpha value is -1.53. The molecule has 2 aromatic rings. The molecule has 1 heterocycles. The first kappa shape index (κ1) is 13.9. The Bertz CT molecular complexity index is 736. The highest BCUT2D eigenvalue weighted by atomic mass is 79.9. The maximum atomic E-state index is 12.4. The van der Waals surface area contributed by atoms with Gasteiger partial charge in [0.25, 0.3) is 5.56 Å². The van der Waals surface area contributed by atoms with E-state index in [2.05, 4.69) is 20.9 Å². The zero-order valence-electron chi connectivity index (χ0n) is 10.3. The summed E-state index contributed by atoms with van der Waals surface area (Å²) < 4.78 is 1.71. The molecule has 0 atom stereocenters. The number of halogens is 2. The van der Waals surface area contributed by atoms with E-state index in [4.69, 9.17) is 11.6 Å². The molecule has 0 aliphatic rings. The highest BCUT2D eigenvalue weighted by Crippen LogP contribution is 2.28. The second-order valence-corrected chi connectivity index (χ2v) is 5.30. The van der Waals surface area contributed by atoms with Gasteiger partial charge in [-0.05, 0) is 6.07 Å². The van der Waals surface area contributed by atoms with Gasteiger partial charge in [0.2, 0.25) is 0 Å². The average molecular weight is 345 g/mol. The molecule has 2 rings (SSSR count). The van der Waals surface area contributed by atoms with Crippen LogP contribution < -0.4 is 16.3 Å². The lowest BCUT2D eigenvalue weighted by Gasteiger charge is -2.16. The van der Waals surface area contributed by atoms with Crippen LogP contribution in [-0.4, -0.2) is 23.8 Å². The van der Waals surface area contributed by atoms with Crippen LogP contribution in [0.2, 0.25) is 5.15 Å². The SMILES string of the molecule is CN(C)n1c(=O)[nH]c(Cl)c(-c2ccccc2Br)c1=O. The van der Waals surface area contributed by atoms with Gasteiger partial charge in [-0.25, -0.2) is 4.79 Å². The van der Waals surface area contributed by atoms with Crippen LogP contribution >= 0.6 is 27.5 Å². The van der Waals surface area contributed by atoms with Gasteiger partial charge in [-0.15, -0.1) is 0 Å². The fraction of sp³-hybridized carbons (Fsp3) is 0.167. The van der Waals surface area contributed by atoms with Gasteiger partial charge in [0.15, 0.2) is 0 Å². The summed E-state index contributed by atoms with van der Waals surface area (Å²) in [7, 11) is 3.21. The Morgan fingerprint density at radius 3 is 2.47 bits per heavy atom. The van der Waals surface area contributed by atoms with Crippen LogP contribution in [0.5, 0.6) is 0 Å². The molecule has 0 spiro atoms. The normalized spacial score (nSPS) is 10.5. The molecule has 19 heavy (non-hydrogen) atoms. The van der Waals surface area contributed by atoms with Gasteiger partial charge < -0.3 is 5.01 Å². The van der Waals surface area contributed by atoms with E-state index in [0.717, 1.165) is 9.15 Å². The molecule has 1 aromatic carbocycles. The van der Waals surface area contributed by atoms with E-state index in [0.29, 0.717) is 5.56 Å². The summed E-state index contributed by atoms with van der Waals surface area (Å²) in [5, 5.41) is 1.43. The van der Waals surface area contributed by atoms with Gasteiger partial charge in [0, 0.05) is 24.1 Å². The molecule has 0 unspecified atom stereocenters. The molecule has 0 amide bonds. The summed E-state index contributed by atoms with van der Waals surface area (Å²) in [6.45, 7) is 0. The van der Waals surface area contributed by atoms with Crippen molar-refractivity contribution in [2.45, 2.75) is 0 Å². The summed E-state index contributed by atoms with van der Waals surface area (Å²) in [4.78, 5) is 26.6. The molecule has 7 heteroatoms. The van der Waals surface area contributed by atoms with Gasteiger partial charge in [0.1, 0.15) is 5.15 Å². The molecule has 0 bridgehead atoms. The van der Waals surface area contributed by atoms with Gasteiger partial charge in [-0.2, -0.15) is 4.68 Å². The predicted molar refractivity (Wildman–Crippen MR) is 79.5 cm³/mol. The number of nitrogens with one attached hydrogen (secondary N) is 1. The quantitative estimate of drug-likeness (QED) is 0.846. The van der Waals surface area contributed by atoms with Gasteiger partial charge in [-0.3, -0.25) is 9.78 Å². The number of aromatic amines is 1. The number of H-pyrrole nitrogens is 1. The minimum Gasteiger partial charge on any atom is -0.312 e. The third kappa shape index (κ3) is 2.46. The van der Waals surface area contributed by atoms with Crippen LogP contribution in [0.1, 0.15) is 0 Å². The number of hydrogen-bond donors (Lipinski definition) is 1. The van der Waals surface area contributed by atoms with E-state index >= 15 is 0 Å². The minimum absolute atomic E-state index is 0.0278. The van der Waals surface area contributed by atoms with Crippen molar-refractivity contribution in [3.8, 4) is 11.1 Å². The first-order chi connectivity index (χ1) is 8.93. The Labute approximate surface area is 122 Å². The maximum Gasteiger partial charge on any atom is 0.348 e. The maximum absolute atomic E-state index is 12.4. The van der Waals surface area contributed by atoms with Crippen LogP contribution in [0.25, 0.3) is 11.1 Å². The molecule has 1 N–H and O–H groups in total. The van der Waals surface area contributed by atoms with Crippen molar-refractivity contribution in [3.63, 3.8) is 0 Å². The Kier molecular flexibility index (Phi) is 3.82. The summed E-state index contributed by atoms with van der Waals surface area (Å²) in [6.07, 6.45) is 0. The van der Waals surface area contributed by atoms with Crippen molar-refractivity contribution in [2.24, 2.45) is 0 Å². The van der Waals surface area contributed by atoms with E-state index in [1.54, 1.807) is 32.3 Å². The van der Waals surface area contributed by atoms with Crippen molar-refractivity contribution < 1.29 is 0 Å². The third-order valence-corrected chi connectivity index (χ3v) is 3.55. The number of nitrogens with zero attached hydrogens (tertiary/aromatic N) is 2. The number of benzene rings is 1. The molecule has 0 saturated heterocycles. The van der Waals surface area contributed by atoms with Crippen LogP contribution in [0.15, 0.2) is 38.3 Å². The average Bonchev–Trinajstić information content (AvgIpc) is 2.30. The van der Waals surface area contributed by atoms with E-state index < -0.39 is 11.2 Å². The summed E-state index contributed by atoms with van der Waals surface area (Å²) in [5.74, 6) is 0. The van der Waals surface area contributed by atoms with Crippen LogP contribution in [0.3, 0.4) is 0 Å². The highest BCUT2D eigenvalue weighted by Gasteiger charge is 2.17. The summed E-state index contributed by atoms with van der Waals surface area (Å²) in [6, 6.07) is 7.18. The summed E-state index contributed by atoms with van der Waals surface area (Å²) >= 11 is 9.38. The molecule has 0 saturated carbocycles. The van der Waals surface area contributed by atoms with Crippen molar-refractivity contribution in [2.75, 3.05) is 19.1 Å². The van der Waals surface area contributed by atoms with E-state index in [9.17, 15) is 9.59 Å². The fourth-order valence-corrected chi connectivity index (χ4v) is 2.51. The predicted octanol–water partition coefficient (Wildman–Crippen LogP) is 1.82. The highest BCUT2D eigenvalue weighted by molar-refractivity contribution is 9.10. The molecule has 100 valence electrons. The molecule has 1 aromatic heterocycles. The lowest BCUT2D eigenvalue weighted by molar-refractivity contribution is 0.654. The smallest absolute Gasteiger partial charge is 0.312 e. The van der Waals surface area contributed by atoms with Crippen molar-refractivity contribution in [3.05, 3.63) is 54.7 Å². The molecule has 0 aliphatic heterocycles. The van der Waals surface area contributed by atoms with E-state index in [1.165, 1.54) is 5.01 Å². The second kappa shape index (κ2) is 5.22. The molecule has 0 radical (unpaired) electrons. The minimum atomic E-state index is -0.573. The van der Waals surface area contributed by atoms with E-state index in [-0.39, 0.29) is 10.7 Å². The Morgan fingerprint density at radius 2 is 1.89 bits per heavy atom. The summed E-state index contributed by atoms with van der Waals surface area (Å²) in [5.41, 5.74) is -0.159. The van der Waals surface area contributed by atoms with Crippen LogP contribution in [0, 0.1) is 0 Å². The second-order valence-electron chi connectivity index (χ2n) is 4.06. The topological polar surface area (TPSA) is 58.1 Å². The largest absolute Gasteiger partial charge is 0.348 e. The van der Waals surface area contributed by atoms with E-state index in [1.807, 2.05) is 6.07 Å². The molecular weight excluding hydrogens is 334 g/mol. The van der Waals surface area contributed by atoms with Crippen LogP contribution in [-0.2, 0) is 0 Å². The first-order valence-corrected chi connectivity index (χ1v) is 6.58. The van der Waals surface area contributed by atoms with Gasteiger partial charge in [0.05, 0.1) is 5.56 Å². The standard InChI is InChI=1S/C12H11BrClN3O2/c1-16(2)17-11(18)9(10(14)15-12(17)19)7-5-3-4-6-8(7)13/h3-6H,1-2H3,(H,15,19). The third-order valence-electron chi connectivity index (χ3n) is 2.58. The molecule has 5 nitrogen and oxygen atoms in total. The molecular formula is C12H11BrClN3O2. The lowest BCUT2D eigenvalue weighted by atomic mass is 10.1. The van der Waals surface area contributed by atoms with Crippen molar-refractivity contribution in [1.29, 1.82) is 0 Å². The Morgan fingerprint density at radius 1 is 1.26 bits per heavy atom. The van der Waals surface area contributed by atoms with Gasteiger partial charge >= 0.3 is 5.69 Å². The molecule has 0 fully saturated rings. The number of rotatable bonds is 2. The van der Waals surface area contributed by atoms with Gasteiger partial charge in [-0.1, -0.05) is 45.7 Å². The van der Waals surface area contributed by atoms with Crippen molar-refractivity contribution in [1.82, 2.24) is 9.66 Å². The molecule has 0 aliphatic carbocycles. The number of hydrogen-bond acceptors (Lipinski definition) is 3. The van der Waals surface area contributed by atoms with Crippen molar-refractivity contribution >= 4 is 27.5 Å². The first-order valence-electron chi connectivity index (χ1n) is 5.41. The zero-order chi connectivity index (χ0) is 14.2. The Balaban J connectivity index is 2.86.